The third-order valence-corrected chi connectivity index (χ3v) is 2.60. The van der Waals surface area contributed by atoms with Crippen molar-refractivity contribution in [2.24, 2.45) is 5.73 Å². The lowest BCUT2D eigenvalue weighted by atomic mass is 10.1. The molecule has 4 nitrogen and oxygen atoms in total. The van der Waals surface area contributed by atoms with Crippen LogP contribution in [0.3, 0.4) is 0 Å². The molecule has 2 atom stereocenters. The molecule has 86 valence electrons. The molecule has 0 saturated carbocycles. The maximum absolute atomic E-state index is 11.7. The van der Waals surface area contributed by atoms with E-state index >= 15 is 0 Å². The van der Waals surface area contributed by atoms with Gasteiger partial charge in [0, 0.05) is 6.42 Å². The predicted octanol–water partition coefficient (Wildman–Crippen LogP) is 0.960. The summed E-state index contributed by atoms with van der Waals surface area (Å²) in [5, 5.41) is 0. The van der Waals surface area contributed by atoms with Gasteiger partial charge in [0.1, 0.15) is 6.10 Å². The SMILES string of the molecule is N[C@@H]1COCC[C@@H]1OC(=O)c1ccccc1. The first-order valence-corrected chi connectivity index (χ1v) is 5.37. The monoisotopic (exact) mass is 221 g/mol. The van der Waals surface area contributed by atoms with Gasteiger partial charge in [-0.1, -0.05) is 18.2 Å². The molecular weight excluding hydrogens is 206 g/mol. The number of esters is 1. The Morgan fingerprint density at radius 2 is 2.12 bits per heavy atom. The van der Waals surface area contributed by atoms with Crippen LogP contribution in [-0.4, -0.2) is 31.3 Å². The van der Waals surface area contributed by atoms with E-state index in [0.717, 1.165) is 0 Å². The summed E-state index contributed by atoms with van der Waals surface area (Å²) >= 11 is 0. The van der Waals surface area contributed by atoms with Crippen LogP contribution in [0.25, 0.3) is 0 Å². The van der Waals surface area contributed by atoms with Crippen molar-refractivity contribution >= 4 is 5.97 Å². The third kappa shape index (κ3) is 2.59. The molecule has 2 rings (SSSR count). The lowest BCUT2D eigenvalue weighted by Crippen LogP contribution is -2.45. The molecule has 2 N–H and O–H groups in total. The van der Waals surface area contributed by atoms with Gasteiger partial charge in [-0.15, -0.1) is 0 Å². The van der Waals surface area contributed by atoms with Crippen molar-refractivity contribution in [1.82, 2.24) is 0 Å². The summed E-state index contributed by atoms with van der Waals surface area (Å²) < 4.78 is 10.5. The van der Waals surface area contributed by atoms with Gasteiger partial charge in [-0.2, -0.15) is 0 Å². The van der Waals surface area contributed by atoms with Crippen molar-refractivity contribution in [3.05, 3.63) is 35.9 Å². The molecule has 0 bridgehead atoms. The minimum absolute atomic E-state index is 0.221. The van der Waals surface area contributed by atoms with Gasteiger partial charge in [0.25, 0.3) is 0 Å². The molecule has 0 spiro atoms. The van der Waals surface area contributed by atoms with Crippen LogP contribution in [0.1, 0.15) is 16.8 Å². The second kappa shape index (κ2) is 5.09. The molecule has 1 fully saturated rings. The molecule has 1 aromatic carbocycles. The van der Waals surface area contributed by atoms with Crippen molar-refractivity contribution in [3.8, 4) is 0 Å². The summed E-state index contributed by atoms with van der Waals surface area (Å²) in [4.78, 5) is 11.7. The van der Waals surface area contributed by atoms with Crippen LogP contribution in [0.4, 0.5) is 0 Å². The fraction of sp³-hybridized carbons (Fsp3) is 0.417. The van der Waals surface area contributed by atoms with E-state index in [1.807, 2.05) is 6.07 Å². The van der Waals surface area contributed by atoms with Crippen LogP contribution in [0, 0.1) is 0 Å². The minimum Gasteiger partial charge on any atom is -0.457 e. The van der Waals surface area contributed by atoms with E-state index in [1.54, 1.807) is 24.3 Å². The lowest BCUT2D eigenvalue weighted by Gasteiger charge is -2.28. The molecule has 0 amide bonds. The summed E-state index contributed by atoms with van der Waals surface area (Å²) in [6.45, 7) is 1.05. The highest BCUT2D eigenvalue weighted by Gasteiger charge is 2.26. The molecule has 4 heteroatoms. The van der Waals surface area contributed by atoms with E-state index in [-0.39, 0.29) is 18.1 Å². The van der Waals surface area contributed by atoms with Crippen molar-refractivity contribution in [2.45, 2.75) is 18.6 Å². The first-order valence-electron chi connectivity index (χ1n) is 5.37. The fourth-order valence-corrected chi connectivity index (χ4v) is 1.67. The van der Waals surface area contributed by atoms with Crippen molar-refractivity contribution in [2.75, 3.05) is 13.2 Å². The largest absolute Gasteiger partial charge is 0.457 e. The molecule has 0 aliphatic carbocycles. The average molecular weight is 221 g/mol. The van der Waals surface area contributed by atoms with E-state index in [9.17, 15) is 4.79 Å². The van der Waals surface area contributed by atoms with Gasteiger partial charge < -0.3 is 15.2 Å². The normalized spacial score (nSPS) is 25.1. The Labute approximate surface area is 94.3 Å². The van der Waals surface area contributed by atoms with E-state index < -0.39 is 0 Å². The van der Waals surface area contributed by atoms with Gasteiger partial charge in [-0.25, -0.2) is 4.79 Å². The number of benzene rings is 1. The maximum atomic E-state index is 11.7. The predicted molar refractivity (Wildman–Crippen MR) is 59.1 cm³/mol. The van der Waals surface area contributed by atoms with Crippen molar-refractivity contribution in [3.63, 3.8) is 0 Å². The summed E-state index contributed by atoms with van der Waals surface area (Å²) in [5.74, 6) is -0.317. The maximum Gasteiger partial charge on any atom is 0.338 e. The third-order valence-electron chi connectivity index (χ3n) is 2.60. The lowest BCUT2D eigenvalue weighted by molar-refractivity contribution is -0.0277. The summed E-state index contributed by atoms with van der Waals surface area (Å²) in [6, 6.07) is 8.71. The standard InChI is InChI=1S/C12H15NO3/c13-10-8-15-7-6-11(10)16-12(14)9-4-2-1-3-5-9/h1-5,10-11H,6-8,13H2/t10-,11+/m1/s1. The topological polar surface area (TPSA) is 61.6 Å². The highest BCUT2D eigenvalue weighted by atomic mass is 16.6. The van der Waals surface area contributed by atoms with Gasteiger partial charge in [0.15, 0.2) is 0 Å². The van der Waals surface area contributed by atoms with Crippen molar-refractivity contribution < 1.29 is 14.3 Å². The number of nitrogens with two attached hydrogens (primary N) is 1. The summed E-state index contributed by atoms with van der Waals surface area (Å²) in [6.07, 6.45) is 0.432. The van der Waals surface area contributed by atoms with Gasteiger partial charge >= 0.3 is 5.97 Å². The molecule has 0 aromatic heterocycles. The number of carbonyl (C=O) groups is 1. The van der Waals surface area contributed by atoms with Gasteiger partial charge in [-0.05, 0) is 12.1 Å². The molecule has 0 unspecified atom stereocenters. The van der Waals surface area contributed by atoms with Crippen LogP contribution in [0.2, 0.25) is 0 Å². The number of hydrogen-bond acceptors (Lipinski definition) is 4. The molecule has 1 heterocycles. The van der Waals surface area contributed by atoms with Crippen LogP contribution in [-0.2, 0) is 9.47 Å². The van der Waals surface area contributed by atoms with Crippen LogP contribution < -0.4 is 5.73 Å². The number of rotatable bonds is 2. The van der Waals surface area contributed by atoms with E-state index in [4.69, 9.17) is 15.2 Å². The Bertz CT molecular complexity index is 353. The molecule has 1 saturated heterocycles. The van der Waals surface area contributed by atoms with Crippen LogP contribution >= 0.6 is 0 Å². The zero-order valence-electron chi connectivity index (χ0n) is 8.96. The smallest absolute Gasteiger partial charge is 0.338 e. The Morgan fingerprint density at radius 3 is 2.81 bits per heavy atom. The summed E-state index contributed by atoms with van der Waals surface area (Å²) in [7, 11) is 0. The number of hydrogen-bond donors (Lipinski definition) is 1. The van der Waals surface area contributed by atoms with E-state index in [1.165, 1.54) is 0 Å². The molecule has 0 radical (unpaired) electrons. The van der Waals surface area contributed by atoms with Gasteiger partial charge in [0.05, 0.1) is 24.8 Å². The zero-order valence-corrected chi connectivity index (χ0v) is 8.96. The van der Waals surface area contributed by atoms with Gasteiger partial charge in [-0.3, -0.25) is 0 Å². The first-order chi connectivity index (χ1) is 7.77. The van der Waals surface area contributed by atoms with E-state index in [0.29, 0.717) is 25.2 Å². The highest BCUT2D eigenvalue weighted by molar-refractivity contribution is 5.89. The highest BCUT2D eigenvalue weighted by Crippen LogP contribution is 2.12. The Kier molecular flexibility index (Phi) is 3.54. The molecule has 1 aliphatic heterocycles. The van der Waals surface area contributed by atoms with E-state index in [2.05, 4.69) is 0 Å². The Morgan fingerprint density at radius 1 is 1.38 bits per heavy atom. The van der Waals surface area contributed by atoms with Crippen molar-refractivity contribution in [1.29, 1.82) is 0 Å². The Balaban J connectivity index is 1.96. The Hall–Kier alpha value is -1.39. The molecular formula is C12H15NO3. The molecule has 16 heavy (non-hydrogen) atoms. The average Bonchev–Trinajstić information content (AvgIpc) is 2.33. The first kappa shape index (κ1) is 11.1. The van der Waals surface area contributed by atoms with Crippen LogP contribution in [0.5, 0.6) is 0 Å². The van der Waals surface area contributed by atoms with Gasteiger partial charge in [0.2, 0.25) is 0 Å². The molecule has 1 aromatic rings. The second-order valence-corrected chi connectivity index (χ2v) is 3.84. The zero-order chi connectivity index (χ0) is 11.4. The summed E-state index contributed by atoms with van der Waals surface area (Å²) in [5.41, 5.74) is 6.36. The quantitative estimate of drug-likeness (QED) is 0.755. The molecule has 1 aliphatic rings. The fourth-order valence-electron chi connectivity index (χ4n) is 1.67. The number of ether oxygens (including phenoxy) is 2. The number of carbonyl (C=O) groups excluding carboxylic acids is 1. The second-order valence-electron chi connectivity index (χ2n) is 3.84. The van der Waals surface area contributed by atoms with Crippen LogP contribution in [0.15, 0.2) is 30.3 Å². The minimum atomic E-state index is -0.317.